The van der Waals surface area contributed by atoms with Crippen LogP contribution in [0.1, 0.15) is 15.9 Å². The van der Waals surface area contributed by atoms with Crippen molar-refractivity contribution in [3.05, 3.63) is 72.1 Å². The van der Waals surface area contributed by atoms with E-state index in [1.165, 1.54) is 24.4 Å². The van der Waals surface area contributed by atoms with E-state index in [1.807, 2.05) is 30.3 Å². The number of benzene rings is 2. The number of nitrogens with one attached hydrogen (secondary N) is 1. The Kier molecular flexibility index (Phi) is 8.01. The van der Waals surface area contributed by atoms with E-state index in [0.29, 0.717) is 22.3 Å². The number of nitrogens with zero attached hydrogens (tertiary/aromatic N) is 4. The molecule has 1 aromatic heterocycles. The topological polar surface area (TPSA) is 114 Å². The Morgan fingerprint density at radius 3 is 2.48 bits per heavy atom. The summed E-state index contributed by atoms with van der Waals surface area (Å²) in [7, 11) is 0.376. The fraction of sp³-hybridized carbons (Fsp3) is 0.182. The molecule has 0 unspecified atom stereocenters. The molecule has 172 valence electrons. The number of ether oxygens (including phenoxy) is 1. The Bertz CT molecular complexity index is 1230. The number of hydrogen-bond donors (Lipinski definition) is 1. The number of carbonyl (C=O) groups excluding carboxylic acids is 1. The number of hydrogen-bond acceptors (Lipinski definition) is 8. The van der Waals surface area contributed by atoms with Crippen LogP contribution in [0, 0.1) is 0 Å². The van der Waals surface area contributed by atoms with E-state index in [1.54, 1.807) is 38.6 Å². The molecule has 3 aromatic rings. The number of methoxy groups -OCH3 is 1. The molecule has 0 saturated carbocycles. The van der Waals surface area contributed by atoms with Crippen LogP contribution in [0.3, 0.4) is 0 Å². The number of sulfonamides is 1. The summed E-state index contributed by atoms with van der Waals surface area (Å²) in [6, 6.07) is 14.1. The van der Waals surface area contributed by atoms with Crippen LogP contribution in [0.15, 0.2) is 80.3 Å². The summed E-state index contributed by atoms with van der Waals surface area (Å²) in [5.41, 5.74) is 1.46. The molecule has 1 N–H and O–H groups in total. The van der Waals surface area contributed by atoms with Crippen LogP contribution in [0.5, 0.6) is 0 Å². The summed E-state index contributed by atoms with van der Waals surface area (Å²) in [6.45, 7) is 0.398. The Morgan fingerprint density at radius 1 is 1.15 bits per heavy atom. The smallest absolute Gasteiger partial charge is 0.337 e. The van der Waals surface area contributed by atoms with Gasteiger partial charge in [0.05, 0.1) is 23.3 Å². The summed E-state index contributed by atoms with van der Waals surface area (Å²) in [5.74, 6) is -0.668. The lowest BCUT2D eigenvalue weighted by Gasteiger charge is -2.16. The van der Waals surface area contributed by atoms with Gasteiger partial charge in [0.1, 0.15) is 11.2 Å². The zero-order valence-electron chi connectivity index (χ0n) is 18.3. The van der Waals surface area contributed by atoms with Crippen LogP contribution in [0.4, 0.5) is 5.69 Å². The van der Waals surface area contributed by atoms with E-state index < -0.39 is 16.0 Å². The molecule has 0 aliphatic heterocycles. The Labute approximate surface area is 197 Å². The van der Waals surface area contributed by atoms with Crippen LogP contribution in [0.2, 0.25) is 0 Å². The minimum Gasteiger partial charge on any atom is -0.465 e. The van der Waals surface area contributed by atoms with Gasteiger partial charge < -0.3 is 15.0 Å². The predicted octanol–water partition coefficient (Wildman–Crippen LogP) is 3.31. The van der Waals surface area contributed by atoms with Crippen LogP contribution < -0.4 is 5.32 Å². The van der Waals surface area contributed by atoms with E-state index >= 15 is 0 Å². The zero-order valence-corrected chi connectivity index (χ0v) is 19.9. The minimum absolute atomic E-state index is 0.0741. The lowest BCUT2D eigenvalue weighted by atomic mass is 10.2. The normalized spacial score (nSPS) is 11.4. The van der Waals surface area contributed by atoms with E-state index in [9.17, 15) is 13.2 Å². The second-order valence-electron chi connectivity index (χ2n) is 6.97. The van der Waals surface area contributed by atoms with Crippen molar-refractivity contribution >= 4 is 39.8 Å². The van der Waals surface area contributed by atoms with Crippen molar-refractivity contribution < 1.29 is 17.9 Å². The number of carbonyl (C=O) groups is 1. The van der Waals surface area contributed by atoms with Crippen molar-refractivity contribution in [3.63, 3.8) is 0 Å². The number of esters is 1. The summed E-state index contributed by atoms with van der Waals surface area (Å²) in [6.07, 6.45) is 4.31. The first-order valence-corrected chi connectivity index (χ1v) is 12.0. The van der Waals surface area contributed by atoms with Crippen molar-refractivity contribution in [1.82, 2.24) is 14.9 Å². The highest BCUT2D eigenvalue weighted by molar-refractivity contribution is 8.00. The molecule has 11 heteroatoms. The van der Waals surface area contributed by atoms with Crippen molar-refractivity contribution in [2.75, 3.05) is 26.5 Å². The van der Waals surface area contributed by atoms with Gasteiger partial charge in [0, 0.05) is 33.0 Å². The first kappa shape index (κ1) is 24.2. The predicted molar refractivity (Wildman–Crippen MR) is 127 cm³/mol. The maximum Gasteiger partial charge on any atom is 0.337 e. The highest BCUT2D eigenvalue weighted by atomic mass is 32.2. The molecule has 1 heterocycles. The van der Waals surface area contributed by atoms with Crippen molar-refractivity contribution in [1.29, 1.82) is 0 Å². The molecule has 0 radical (unpaired) electrons. The van der Waals surface area contributed by atoms with Gasteiger partial charge in [-0.1, -0.05) is 30.3 Å². The van der Waals surface area contributed by atoms with Crippen LogP contribution in [0.25, 0.3) is 0 Å². The monoisotopic (exact) mass is 485 g/mol. The zero-order chi connectivity index (χ0) is 23.8. The van der Waals surface area contributed by atoms with Crippen molar-refractivity contribution in [2.45, 2.75) is 21.5 Å². The third-order valence-corrected chi connectivity index (χ3v) is 6.65. The highest BCUT2D eigenvalue weighted by Gasteiger charge is 2.25. The lowest BCUT2D eigenvalue weighted by Crippen LogP contribution is -2.13. The van der Waals surface area contributed by atoms with Gasteiger partial charge in [-0.3, -0.25) is 0 Å². The molecule has 0 saturated heterocycles. The molecule has 0 spiro atoms. The van der Waals surface area contributed by atoms with Gasteiger partial charge in [-0.25, -0.2) is 14.8 Å². The van der Waals surface area contributed by atoms with Gasteiger partial charge in [0.25, 0.3) is 10.0 Å². The van der Waals surface area contributed by atoms with Crippen LogP contribution in [-0.4, -0.2) is 56.8 Å². The van der Waals surface area contributed by atoms with E-state index in [4.69, 9.17) is 4.74 Å². The fourth-order valence-corrected chi connectivity index (χ4v) is 5.00. The SMILES string of the molecule is COC(=O)c1cc(NCc2ccccc2)c(Sc2ncccn2)c(S(=O)(=O)/N=C/N(C)C)c1. The van der Waals surface area contributed by atoms with E-state index in [-0.39, 0.29) is 10.5 Å². The second-order valence-corrected chi connectivity index (χ2v) is 9.55. The number of rotatable bonds is 9. The lowest BCUT2D eigenvalue weighted by molar-refractivity contribution is 0.0600. The summed E-state index contributed by atoms with van der Waals surface area (Å²) in [5, 5.41) is 3.58. The molecule has 3 rings (SSSR count). The summed E-state index contributed by atoms with van der Waals surface area (Å²) in [4.78, 5) is 22.4. The van der Waals surface area contributed by atoms with Crippen molar-refractivity contribution in [3.8, 4) is 0 Å². The van der Waals surface area contributed by atoms with E-state index in [0.717, 1.165) is 17.3 Å². The molecule has 0 atom stereocenters. The molecule has 9 nitrogen and oxygen atoms in total. The van der Waals surface area contributed by atoms with Crippen molar-refractivity contribution in [2.24, 2.45) is 4.40 Å². The molecule has 0 aliphatic carbocycles. The average molecular weight is 486 g/mol. The Hall–Kier alpha value is -3.44. The molecule has 0 amide bonds. The number of aromatic nitrogens is 2. The third-order valence-electron chi connectivity index (χ3n) is 4.23. The molecular weight excluding hydrogens is 462 g/mol. The standard InChI is InChI=1S/C22H23N5O4S2/c1-27(2)15-26-33(29,30)19-13-17(21(28)31-3)12-18(25-14-16-8-5-4-6-9-16)20(19)32-22-23-10-7-11-24-22/h4-13,15,25H,14H2,1-3H3/b26-15+. The average Bonchev–Trinajstić information content (AvgIpc) is 2.82. The molecule has 33 heavy (non-hydrogen) atoms. The minimum atomic E-state index is -4.17. The van der Waals surface area contributed by atoms with Gasteiger partial charge in [-0.2, -0.15) is 8.42 Å². The van der Waals surface area contributed by atoms with Gasteiger partial charge in [0.15, 0.2) is 5.16 Å². The molecule has 2 aromatic carbocycles. The molecule has 0 aliphatic rings. The van der Waals surface area contributed by atoms with Crippen LogP contribution >= 0.6 is 11.8 Å². The van der Waals surface area contributed by atoms with Crippen LogP contribution in [-0.2, 0) is 21.3 Å². The molecular formula is C22H23N5O4S2. The van der Waals surface area contributed by atoms with E-state index in [2.05, 4.69) is 19.7 Å². The van der Waals surface area contributed by atoms with Gasteiger partial charge in [0.2, 0.25) is 0 Å². The Balaban J connectivity index is 2.17. The van der Waals surface area contributed by atoms with Gasteiger partial charge in [-0.15, -0.1) is 4.40 Å². The quantitative estimate of drug-likeness (QED) is 0.211. The maximum atomic E-state index is 13.2. The summed E-state index contributed by atoms with van der Waals surface area (Å²) >= 11 is 1.06. The maximum absolute atomic E-state index is 13.2. The summed E-state index contributed by atoms with van der Waals surface area (Å²) < 4.78 is 34.9. The molecule has 0 fully saturated rings. The van der Waals surface area contributed by atoms with Gasteiger partial charge >= 0.3 is 5.97 Å². The highest BCUT2D eigenvalue weighted by Crippen LogP contribution is 2.39. The molecule has 0 bridgehead atoms. The second kappa shape index (κ2) is 10.9. The van der Waals surface area contributed by atoms with Gasteiger partial charge in [-0.05, 0) is 35.5 Å². The third kappa shape index (κ3) is 6.53. The largest absolute Gasteiger partial charge is 0.465 e. The first-order valence-electron chi connectivity index (χ1n) is 9.76. The Morgan fingerprint density at radius 2 is 1.85 bits per heavy atom. The number of anilines is 1. The fourth-order valence-electron chi connectivity index (χ4n) is 2.70. The first-order chi connectivity index (χ1) is 15.8.